The fourth-order valence-electron chi connectivity index (χ4n) is 1.76. The Kier molecular flexibility index (Phi) is 8.24. The average Bonchev–Trinajstić information content (AvgIpc) is 2.55. The van der Waals surface area contributed by atoms with Crippen LogP contribution in [0.25, 0.3) is 0 Å². The standard InChI is InChI=1S/C16H17F2N3O2.HI/c1-22-12-4-2-11(3-5-12)21-16(19)20-8-9-23-13-6-7-14(17)15(18)10-13;/h2-7,10H,8-9H2,1H3,(H3,19,20,21);1H. The van der Waals surface area contributed by atoms with E-state index in [1.54, 1.807) is 31.4 Å². The number of hydrogen-bond acceptors (Lipinski definition) is 3. The molecule has 3 N–H and O–H groups in total. The summed E-state index contributed by atoms with van der Waals surface area (Å²) >= 11 is 0. The SMILES string of the molecule is COc1ccc(NC(N)=NCCOc2ccc(F)c(F)c2)cc1.I. The molecule has 24 heavy (non-hydrogen) atoms. The summed E-state index contributed by atoms with van der Waals surface area (Å²) in [5.41, 5.74) is 6.51. The lowest BCUT2D eigenvalue weighted by Crippen LogP contribution is -2.23. The van der Waals surface area contributed by atoms with Gasteiger partial charge in [0.25, 0.3) is 0 Å². The first kappa shape index (κ1) is 19.9. The molecule has 0 aliphatic rings. The molecule has 0 spiro atoms. The molecule has 2 aromatic carbocycles. The van der Waals surface area contributed by atoms with E-state index < -0.39 is 11.6 Å². The van der Waals surface area contributed by atoms with Gasteiger partial charge in [-0.15, -0.1) is 24.0 Å². The molecule has 0 saturated heterocycles. The maximum atomic E-state index is 13.0. The molecule has 0 unspecified atom stereocenters. The van der Waals surface area contributed by atoms with Crippen molar-refractivity contribution in [3.05, 3.63) is 54.1 Å². The molecule has 0 saturated carbocycles. The predicted octanol–water partition coefficient (Wildman–Crippen LogP) is 3.40. The number of nitrogens with two attached hydrogens (primary N) is 1. The fourth-order valence-corrected chi connectivity index (χ4v) is 1.76. The van der Waals surface area contributed by atoms with Gasteiger partial charge >= 0.3 is 0 Å². The molecule has 0 amide bonds. The van der Waals surface area contributed by atoms with Crippen LogP contribution in [0.4, 0.5) is 14.5 Å². The lowest BCUT2D eigenvalue weighted by Gasteiger charge is -2.07. The summed E-state index contributed by atoms with van der Waals surface area (Å²) in [6.45, 7) is 0.462. The number of hydrogen-bond donors (Lipinski definition) is 2. The second-order valence-electron chi connectivity index (χ2n) is 4.54. The van der Waals surface area contributed by atoms with Gasteiger partial charge in [-0.05, 0) is 36.4 Å². The molecule has 2 rings (SSSR count). The number of benzene rings is 2. The number of nitrogens with one attached hydrogen (secondary N) is 1. The number of anilines is 1. The van der Waals surface area contributed by atoms with Crippen LogP contribution in [-0.2, 0) is 0 Å². The monoisotopic (exact) mass is 449 g/mol. The van der Waals surface area contributed by atoms with Crippen LogP contribution in [0.2, 0.25) is 0 Å². The quantitative estimate of drug-likeness (QED) is 0.307. The van der Waals surface area contributed by atoms with Crippen LogP contribution >= 0.6 is 24.0 Å². The van der Waals surface area contributed by atoms with E-state index in [9.17, 15) is 8.78 Å². The van der Waals surface area contributed by atoms with Crippen molar-refractivity contribution in [1.29, 1.82) is 0 Å². The Balaban J connectivity index is 0.00000288. The highest BCUT2D eigenvalue weighted by molar-refractivity contribution is 14.0. The summed E-state index contributed by atoms with van der Waals surface area (Å²) in [6, 6.07) is 10.5. The molecule has 0 aliphatic heterocycles. The molecule has 0 fully saturated rings. The molecular formula is C16H18F2IN3O2. The van der Waals surface area contributed by atoms with Crippen molar-refractivity contribution in [3.63, 3.8) is 0 Å². The molecule has 0 radical (unpaired) electrons. The highest BCUT2D eigenvalue weighted by Gasteiger charge is 2.03. The average molecular weight is 449 g/mol. The van der Waals surface area contributed by atoms with Crippen molar-refractivity contribution in [3.8, 4) is 11.5 Å². The first-order valence-electron chi connectivity index (χ1n) is 6.87. The highest BCUT2D eigenvalue weighted by Crippen LogP contribution is 2.15. The van der Waals surface area contributed by atoms with Gasteiger partial charge in [0.05, 0.1) is 13.7 Å². The maximum Gasteiger partial charge on any atom is 0.193 e. The Morgan fingerprint density at radius 2 is 1.75 bits per heavy atom. The number of rotatable bonds is 6. The van der Waals surface area contributed by atoms with Gasteiger partial charge in [-0.3, -0.25) is 0 Å². The zero-order valence-corrected chi connectivity index (χ0v) is 15.3. The lowest BCUT2D eigenvalue weighted by atomic mass is 10.3. The second kappa shape index (κ2) is 9.91. The summed E-state index contributed by atoms with van der Waals surface area (Å²) in [5, 5.41) is 2.92. The van der Waals surface area contributed by atoms with E-state index in [2.05, 4.69) is 10.3 Å². The molecule has 0 aliphatic carbocycles. The number of ether oxygens (including phenoxy) is 2. The molecule has 0 bridgehead atoms. The van der Waals surface area contributed by atoms with Crippen molar-refractivity contribution in [2.24, 2.45) is 10.7 Å². The minimum atomic E-state index is -0.952. The lowest BCUT2D eigenvalue weighted by molar-refractivity contribution is 0.325. The third-order valence-corrected chi connectivity index (χ3v) is 2.90. The van der Waals surface area contributed by atoms with Gasteiger partial charge in [0.1, 0.15) is 18.1 Å². The Morgan fingerprint density at radius 1 is 1.08 bits per heavy atom. The van der Waals surface area contributed by atoms with E-state index in [-0.39, 0.29) is 48.8 Å². The summed E-state index contributed by atoms with van der Waals surface area (Å²) < 4.78 is 36.1. The van der Waals surface area contributed by atoms with Gasteiger partial charge in [0.2, 0.25) is 0 Å². The normalized spacial score (nSPS) is 10.7. The molecule has 0 atom stereocenters. The van der Waals surface area contributed by atoms with Crippen LogP contribution < -0.4 is 20.5 Å². The topological polar surface area (TPSA) is 68.9 Å². The van der Waals surface area contributed by atoms with Gasteiger partial charge in [-0.1, -0.05) is 0 Å². The van der Waals surface area contributed by atoms with Gasteiger partial charge < -0.3 is 20.5 Å². The summed E-state index contributed by atoms with van der Waals surface area (Å²) in [5.74, 6) is -0.661. The summed E-state index contributed by atoms with van der Waals surface area (Å²) in [7, 11) is 1.59. The molecular weight excluding hydrogens is 431 g/mol. The van der Waals surface area contributed by atoms with E-state index in [1.165, 1.54) is 6.07 Å². The van der Waals surface area contributed by atoms with Gasteiger partial charge in [-0.25, -0.2) is 13.8 Å². The van der Waals surface area contributed by atoms with Crippen molar-refractivity contribution < 1.29 is 18.3 Å². The zero-order chi connectivity index (χ0) is 16.7. The largest absolute Gasteiger partial charge is 0.497 e. The molecule has 0 aromatic heterocycles. The van der Waals surface area contributed by atoms with Crippen LogP contribution in [-0.4, -0.2) is 26.2 Å². The van der Waals surface area contributed by atoms with E-state index in [0.29, 0.717) is 0 Å². The van der Waals surface area contributed by atoms with Crippen LogP contribution in [0.5, 0.6) is 11.5 Å². The van der Waals surface area contributed by atoms with E-state index in [0.717, 1.165) is 23.6 Å². The number of nitrogens with zero attached hydrogens (tertiary/aromatic N) is 1. The number of guanidine groups is 1. The maximum absolute atomic E-state index is 13.0. The summed E-state index contributed by atoms with van der Waals surface area (Å²) in [4.78, 5) is 4.08. The van der Waals surface area contributed by atoms with Crippen molar-refractivity contribution >= 4 is 35.6 Å². The number of aliphatic imine (C=N–C) groups is 1. The predicted molar refractivity (Wildman–Crippen MR) is 100 cm³/mol. The Morgan fingerprint density at radius 3 is 2.38 bits per heavy atom. The van der Waals surface area contributed by atoms with Crippen LogP contribution in [0, 0.1) is 11.6 Å². The number of halogens is 3. The van der Waals surface area contributed by atoms with E-state index in [1.807, 2.05) is 0 Å². The fraction of sp³-hybridized carbons (Fsp3) is 0.188. The Labute approximate surface area is 155 Å². The van der Waals surface area contributed by atoms with E-state index in [4.69, 9.17) is 15.2 Å². The minimum Gasteiger partial charge on any atom is -0.497 e. The van der Waals surface area contributed by atoms with Gasteiger partial charge in [0, 0.05) is 11.8 Å². The van der Waals surface area contributed by atoms with Crippen LogP contribution in [0.1, 0.15) is 0 Å². The van der Waals surface area contributed by atoms with Crippen LogP contribution in [0.3, 0.4) is 0 Å². The highest BCUT2D eigenvalue weighted by atomic mass is 127. The minimum absolute atomic E-state index is 0. The van der Waals surface area contributed by atoms with Gasteiger partial charge in [-0.2, -0.15) is 0 Å². The smallest absolute Gasteiger partial charge is 0.193 e. The Hall–Kier alpha value is -2.10. The zero-order valence-electron chi connectivity index (χ0n) is 13.0. The third-order valence-electron chi connectivity index (χ3n) is 2.90. The van der Waals surface area contributed by atoms with E-state index >= 15 is 0 Å². The Bertz CT molecular complexity index is 682. The van der Waals surface area contributed by atoms with Crippen LogP contribution in [0.15, 0.2) is 47.5 Å². The summed E-state index contributed by atoms with van der Waals surface area (Å²) in [6.07, 6.45) is 0. The first-order valence-corrected chi connectivity index (χ1v) is 6.87. The molecule has 5 nitrogen and oxygen atoms in total. The van der Waals surface area contributed by atoms with Crippen molar-refractivity contribution in [1.82, 2.24) is 0 Å². The second-order valence-corrected chi connectivity index (χ2v) is 4.54. The van der Waals surface area contributed by atoms with Crippen molar-refractivity contribution in [2.45, 2.75) is 0 Å². The molecule has 130 valence electrons. The molecule has 0 heterocycles. The van der Waals surface area contributed by atoms with Gasteiger partial charge in [0.15, 0.2) is 17.6 Å². The molecule has 8 heteroatoms. The van der Waals surface area contributed by atoms with Crippen molar-refractivity contribution in [2.75, 3.05) is 25.6 Å². The third kappa shape index (κ3) is 6.19. The number of methoxy groups -OCH3 is 1. The first-order chi connectivity index (χ1) is 11.1. The molecule has 2 aromatic rings.